The molecule has 0 aromatic heterocycles. The average Bonchev–Trinajstić information content (AvgIpc) is 2.22. The van der Waals surface area contributed by atoms with Crippen molar-refractivity contribution in [2.75, 3.05) is 6.61 Å². The molecule has 0 aliphatic heterocycles. The van der Waals surface area contributed by atoms with Crippen molar-refractivity contribution < 1.29 is 14.8 Å². The van der Waals surface area contributed by atoms with Crippen molar-refractivity contribution in [2.24, 2.45) is 0 Å². The molecule has 0 radical (unpaired) electrons. The summed E-state index contributed by atoms with van der Waals surface area (Å²) in [6.45, 7) is 7.62. The summed E-state index contributed by atoms with van der Waals surface area (Å²) in [6.07, 6.45) is 5.29. The van der Waals surface area contributed by atoms with Gasteiger partial charge in [0.15, 0.2) is 0 Å². The van der Waals surface area contributed by atoms with Crippen LogP contribution in [-0.4, -0.2) is 28.5 Å². The summed E-state index contributed by atoms with van der Waals surface area (Å²) in [7, 11) is 0. The Hall–Kier alpha value is -1.03. The van der Waals surface area contributed by atoms with Gasteiger partial charge in [-0.3, -0.25) is 5.21 Å². The number of nitrogens with zero attached hydrogens (tertiary/aromatic N) is 1. The van der Waals surface area contributed by atoms with Gasteiger partial charge in [-0.25, -0.2) is 0 Å². The molecule has 0 rings (SSSR count). The van der Waals surface area contributed by atoms with Crippen molar-refractivity contribution in [3.63, 3.8) is 0 Å². The van der Waals surface area contributed by atoms with Crippen LogP contribution in [0.1, 0.15) is 39.5 Å². The lowest BCUT2D eigenvalue weighted by atomic mass is 10.1. The van der Waals surface area contributed by atoms with Gasteiger partial charge in [0, 0.05) is 11.8 Å². The lowest BCUT2D eigenvalue weighted by Gasteiger charge is -2.13. The SMILES string of the molecule is C=CCOC(CCCCC)/C(C)=[N+](\[O-])O. The topological polar surface area (TPSA) is 55.5 Å². The van der Waals surface area contributed by atoms with E-state index >= 15 is 0 Å². The van der Waals surface area contributed by atoms with Crippen LogP contribution < -0.4 is 0 Å². The first-order valence-electron chi connectivity index (χ1n) is 5.35. The quantitative estimate of drug-likeness (QED) is 0.169. The minimum Gasteiger partial charge on any atom is -0.418 e. The van der Waals surface area contributed by atoms with Crippen LogP contribution in [0.25, 0.3) is 0 Å². The molecular weight excluding hydrogens is 194 g/mol. The average molecular weight is 215 g/mol. The molecule has 88 valence electrons. The largest absolute Gasteiger partial charge is 0.418 e. The molecule has 0 aliphatic rings. The van der Waals surface area contributed by atoms with Crippen molar-refractivity contribution >= 4 is 5.71 Å². The molecular formula is C11H21NO3. The summed E-state index contributed by atoms with van der Waals surface area (Å²) in [5.41, 5.74) is 0.299. The van der Waals surface area contributed by atoms with Crippen LogP contribution in [0.15, 0.2) is 12.7 Å². The first-order chi connectivity index (χ1) is 7.13. The van der Waals surface area contributed by atoms with Crippen LogP contribution in [0.5, 0.6) is 0 Å². The number of hydrogen-bond acceptors (Lipinski definition) is 3. The second-order valence-electron chi connectivity index (χ2n) is 3.52. The summed E-state index contributed by atoms with van der Waals surface area (Å²) in [5.74, 6) is 0. The monoisotopic (exact) mass is 215 g/mol. The van der Waals surface area contributed by atoms with Gasteiger partial charge in [0.25, 0.3) is 0 Å². The van der Waals surface area contributed by atoms with E-state index in [2.05, 4.69) is 13.5 Å². The molecule has 0 saturated heterocycles. The van der Waals surface area contributed by atoms with E-state index in [-0.39, 0.29) is 11.0 Å². The third-order valence-electron chi connectivity index (χ3n) is 2.25. The zero-order chi connectivity index (χ0) is 11.7. The van der Waals surface area contributed by atoms with Gasteiger partial charge in [-0.05, 0) is 6.42 Å². The van der Waals surface area contributed by atoms with Crippen molar-refractivity contribution in [3.05, 3.63) is 17.9 Å². The lowest BCUT2D eigenvalue weighted by Crippen LogP contribution is -2.28. The van der Waals surface area contributed by atoms with Crippen LogP contribution in [-0.2, 0) is 4.74 Å². The van der Waals surface area contributed by atoms with E-state index in [0.29, 0.717) is 12.3 Å². The predicted molar refractivity (Wildman–Crippen MR) is 60.2 cm³/mol. The zero-order valence-corrected chi connectivity index (χ0v) is 9.61. The van der Waals surface area contributed by atoms with E-state index in [4.69, 9.17) is 9.94 Å². The van der Waals surface area contributed by atoms with Gasteiger partial charge < -0.3 is 9.94 Å². The van der Waals surface area contributed by atoms with E-state index in [1.807, 2.05) is 0 Å². The Bertz CT molecular complexity index is 210. The molecule has 1 unspecified atom stereocenters. The van der Waals surface area contributed by atoms with Crippen LogP contribution in [0.2, 0.25) is 0 Å². The molecule has 0 fully saturated rings. The summed E-state index contributed by atoms with van der Waals surface area (Å²) < 4.78 is 5.40. The highest BCUT2D eigenvalue weighted by Crippen LogP contribution is 2.08. The fourth-order valence-electron chi connectivity index (χ4n) is 1.30. The summed E-state index contributed by atoms with van der Waals surface area (Å²) in [6, 6.07) is 0. The van der Waals surface area contributed by atoms with E-state index in [0.717, 1.165) is 25.7 Å². The van der Waals surface area contributed by atoms with E-state index in [1.165, 1.54) is 0 Å². The maximum Gasteiger partial charge on any atom is 0.247 e. The van der Waals surface area contributed by atoms with Gasteiger partial charge in [-0.2, -0.15) is 0 Å². The fourth-order valence-corrected chi connectivity index (χ4v) is 1.30. The molecule has 0 saturated carbocycles. The number of ether oxygens (including phenoxy) is 1. The van der Waals surface area contributed by atoms with Gasteiger partial charge in [0.1, 0.15) is 6.10 Å². The first kappa shape index (κ1) is 14.0. The van der Waals surface area contributed by atoms with Crippen molar-refractivity contribution in [3.8, 4) is 0 Å². The molecule has 0 aromatic carbocycles. The Balaban J connectivity index is 4.18. The van der Waals surface area contributed by atoms with Crippen LogP contribution in [0, 0.1) is 5.21 Å². The standard InChI is InChI=1S/C11H21NO3/c1-4-6-7-8-11(15-9-5-2)10(3)12(13)14/h5,11H,2,4,6-9H2,1,3H3,(H,13,14). The van der Waals surface area contributed by atoms with E-state index in [1.54, 1.807) is 13.0 Å². The van der Waals surface area contributed by atoms with Crippen LogP contribution in [0.3, 0.4) is 0 Å². The molecule has 0 aliphatic carbocycles. The Morgan fingerprint density at radius 2 is 2.27 bits per heavy atom. The Morgan fingerprint density at radius 1 is 1.60 bits per heavy atom. The number of unbranched alkanes of at least 4 members (excludes halogenated alkanes) is 2. The Kier molecular flexibility index (Phi) is 7.72. The fraction of sp³-hybridized carbons (Fsp3) is 0.727. The minimum atomic E-state index is -0.308. The highest BCUT2D eigenvalue weighted by molar-refractivity contribution is 5.81. The normalized spacial score (nSPS) is 14.5. The van der Waals surface area contributed by atoms with Crippen LogP contribution in [0.4, 0.5) is 0 Å². The van der Waals surface area contributed by atoms with Crippen molar-refractivity contribution in [2.45, 2.75) is 45.6 Å². The summed E-state index contributed by atoms with van der Waals surface area (Å²) >= 11 is 0. The Morgan fingerprint density at radius 3 is 2.73 bits per heavy atom. The zero-order valence-electron chi connectivity index (χ0n) is 9.61. The lowest BCUT2D eigenvalue weighted by molar-refractivity contribution is -0.728. The molecule has 1 atom stereocenters. The number of rotatable bonds is 8. The molecule has 0 spiro atoms. The second-order valence-corrected chi connectivity index (χ2v) is 3.52. The molecule has 15 heavy (non-hydrogen) atoms. The smallest absolute Gasteiger partial charge is 0.247 e. The summed E-state index contributed by atoms with van der Waals surface area (Å²) in [4.78, 5) is -0.111. The van der Waals surface area contributed by atoms with E-state index < -0.39 is 0 Å². The molecule has 1 N–H and O–H groups in total. The molecule has 0 aromatic rings. The third kappa shape index (κ3) is 6.12. The van der Waals surface area contributed by atoms with Gasteiger partial charge >= 0.3 is 0 Å². The third-order valence-corrected chi connectivity index (χ3v) is 2.25. The van der Waals surface area contributed by atoms with Gasteiger partial charge in [-0.15, -0.1) is 6.58 Å². The van der Waals surface area contributed by atoms with Gasteiger partial charge in [0.05, 0.1) is 6.61 Å². The highest BCUT2D eigenvalue weighted by atomic mass is 16.8. The molecule has 0 bridgehead atoms. The Labute approximate surface area is 91.4 Å². The second kappa shape index (κ2) is 8.29. The van der Waals surface area contributed by atoms with E-state index in [9.17, 15) is 5.21 Å². The van der Waals surface area contributed by atoms with Gasteiger partial charge in [-0.1, -0.05) is 32.3 Å². The predicted octanol–water partition coefficient (Wildman–Crippen LogP) is 2.50. The minimum absolute atomic E-state index is 0.111. The summed E-state index contributed by atoms with van der Waals surface area (Å²) in [5, 5.41) is 19.5. The maximum absolute atomic E-state index is 10.7. The highest BCUT2D eigenvalue weighted by Gasteiger charge is 2.19. The van der Waals surface area contributed by atoms with Crippen LogP contribution >= 0.6 is 0 Å². The first-order valence-corrected chi connectivity index (χ1v) is 5.35. The van der Waals surface area contributed by atoms with Gasteiger partial charge in [0.2, 0.25) is 5.71 Å². The number of hydrogen-bond donors (Lipinski definition) is 1. The maximum atomic E-state index is 10.7. The molecule has 4 heteroatoms. The van der Waals surface area contributed by atoms with Crippen molar-refractivity contribution in [1.82, 2.24) is 0 Å². The molecule has 0 amide bonds. The molecule has 0 heterocycles. The molecule has 4 nitrogen and oxygen atoms in total. The van der Waals surface area contributed by atoms with Crippen molar-refractivity contribution in [1.29, 1.82) is 0 Å².